The fourth-order valence-electron chi connectivity index (χ4n) is 2.41. The van der Waals surface area contributed by atoms with Gasteiger partial charge in [0, 0.05) is 11.0 Å². The van der Waals surface area contributed by atoms with Crippen molar-refractivity contribution >= 4 is 27.7 Å². The fourth-order valence-corrected chi connectivity index (χ4v) is 2.68. The molecular weight excluding hydrogens is 372 g/mol. The van der Waals surface area contributed by atoms with Gasteiger partial charge in [0.15, 0.2) is 0 Å². The number of rotatable bonds is 6. The van der Waals surface area contributed by atoms with Crippen LogP contribution >= 0.6 is 15.9 Å². The van der Waals surface area contributed by atoms with Crippen LogP contribution in [0, 0.1) is 6.92 Å². The topological polar surface area (TPSA) is 71.5 Å². The van der Waals surface area contributed by atoms with Crippen molar-refractivity contribution in [3.05, 3.63) is 57.7 Å². The third-order valence-corrected chi connectivity index (χ3v) is 4.55. The van der Waals surface area contributed by atoms with Gasteiger partial charge in [0.1, 0.15) is 11.4 Å². The number of benzene rings is 1. The van der Waals surface area contributed by atoms with Crippen molar-refractivity contribution in [2.24, 2.45) is 0 Å². The second kappa shape index (κ2) is 7.77. The summed E-state index contributed by atoms with van der Waals surface area (Å²) in [4.78, 5) is 16.0. The Bertz CT molecular complexity index is 719. The van der Waals surface area contributed by atoms with E-state index in [1.165, 1.54) is 7.11 Å². The van der Waals surface area contributed by atoms with Crippen LogP contribution in [0.4, 0.5) is 5.82 Å². The van der Waals surface area contributed by atoms with Crippen molar-refractivity contribution < 1.29 is 14.6 Å². The van der Waals surface area contributed by atoms with Gasteiger partial charge in [-0.3, -0.25) is 0 Å². The highest BCUT2D eigenvalue weighted by molar-refractivity contribution is 9.10. The van der Waals surface area contributed by atoms with Gasteiger partial charge >= 0.3 is 5.97 Å². The number of halogens is 1. The highest BCUT2D eigenvalue weighted by atomic mass is 79.9. The first-order valence-electron chi connectivity index (χ1n) is 7.68. The average Bonchev–Trinajstić information content (AvgIpc) is 2.59. The summed E-state index contributed by atoms with van der Waals surface area (Å²) in [5.41, 5.74) is 0.845. The number of aryl methyl sites for hydroxylation is 1. The average molecular weight is 393 g/mol. The summed E-state index contributed by atoms with van der Waals surface area (Å²) in [7, 11) is 1.34. The molecule has 5 nitrogen and oxygen atoms in total. The first-order chi connectivity index (χ1) is 11.4. The van der Waals surface area contributed by atoms with Crippen molar-refractivity contribution in [2.45, 2.75) is 25.9 Å². The van der Waals surface area contributed by atoms with Crippen LogP contribution in [0.5, 0.6) is 0 Å². The molecule has 1 aromatic carbocycles. The lowest BCUT2D eigenvalue weighted by Crippen LogP contribution is -2.33. The Morgan fingerprint density at radius 1 is 1.29 bits per heavy atom. The van der Waals surface area contributed by atoms with Gasteiger partial charge in [0.05, 0.1) is 18.4 Å². The van der Waals surface area contributed by atoms with Crippen LogP contribution in [0.3, 0.4) is 0 Å². The molecule has 1 unspecified atom stereocenters. The summed E-state index contributed by atoms with van der Waals surface area (Å²) < 4.78 is 5.68. The minimum Gasteiger partial charge on any atom is -0.465 e. The van der Waals surface area contributed by atoms with E-state index in [1.807, 2.05) is 31.2 Å². The lowest BCUT2D eigenvalue weighted by molar-refractivity contribution is 0.0462. The molecule has 0 aliphatic heterocycles. The first-order valence-corrected chi connectivity index (χ1v) is 8.47. The fraction of sp³-hybridized carbons (Fsp3) is 0.333. The summed E-state index contributed by atoms with van der Waals surface area (Å²) in [6, 6.07) is 11.0. The summed E-state index contributed by atoms with van der Waals surface area (Å²) in [5, 5.41) is 14.1. The molecule has 6 heteroatoms. The molecule has 0 radical (unpaired) electrons. The van der Waals surface area contributed by atoms with Crippen molar-refractivity contribution in [3.63, 3.8) is 0 Å². The van der Waals surface area contributed by atoms with Gasteiger partial charge in [-0.15, -0.1) is 0 Å². The molecular formula is C18H21BrN2O3. The van der Waals surface area contributed by atoms with E-state index in [1.54, 1.807) is 19.1 Å². The molecule has 2 N–H and O–H groups in total. The second-order valence-corrected chi connectivity index (χ2v) is 6.48. The van der Waals surface area contributed by atoms with Gasteiger partial charge in [-0.05, 0) is 43.2 Å². The molecule has 0 amide bonds. The van der Waals surface area contributed by atoms with Gasteiger partial charge in [-0.1, -0.05) is 35.0 Å². The Morgan fingerprint density at radius 2 is 1.96 bits per heavy atom. The number of hydrogen-bond acceptors (Lipinski definition) is 5. The number of esters is 1. The maximum atomic E-state index is 11.6. The smallest absolute Gasteiger partial charge is 0.339 e. The zero-order valence-corrected chi connectivity index (χ0v) is 15.6. The number of nitrogens with one attached hydrogen (secondary N) is 1. The Hall–Kier alpha value is -1.92. The highest BCUT2D eigenvalue weighted by Gasteiger charge is 2.27. The zero-order chi connectivity index (χ0) is 17.7. The number of carbonyl (C=O) groups is 1. The summed E-state index contributed by atoms with van der Waals surface area (Å²) in [6.45, 7) is 4.00. The van der Waals surface area contributed by atoms with Crippen LogP contribution in [-0.2, 0) is 10.3 Å². The lowest BCUT2D eigenvalue weighted by atomic mass is 9.91. The molecule has 0 fully saturated rings. The number of aliphatic hydroxyl groups is 1. The van der Waals surface area contributed by atoms with Crippen LogP contribution in [0.25, 0.3) is 0 Å². The molecule has 0 spiro atoms. The van der Waals surface area contributed by atoms with E-state index in [-0.39, 0.29) is 0 Å². The Balaban J connectivity index is 2.14. The molecule has 0 saturated carbocycles. The maximum absolute atomic E-state index is 11.6. The van der Waals surface area contributed by atoms with Gasteiger partial charge < -0.3 is 15.2 Å². The molecule has 24 heavy (non-hydrogen) atoms. The number of pyridine rings is 1. The molecule has 128 valence electrons. The van der Waals surface area contributed by atoms with E-state index < -0.39 is 11.6 Å². The van der Waals surface area contributed by atoms with Gasteiger partial charge in [0.2, 0.25) is 0 Å². The molecule has 0 saturated heterocycles. The Labute approximate surface area is 150 Å². The van der Waals surface area contributed by atoms with E-state index in [0.29, 0.717) is 30.0 Å². The van der Waals surface area contributed by atoms with E-state index in [0.717, 1.165) is 10.0 Å². The van der Waals surface area contributed by atoms with Crippen LogP contribution in [0.2, 0.25) is 0 Å². The summed E-state index contributed by atoms with van der Waals surface area (Å²) >= 11 is 3.40. The molecule has 1 aromatic heterocycles. The van der Waals surface area contributed by atoms with E-state index in [4.69, 9.17) is 4.74 Å². The van der Waals surface area contributed by atoms with Crippen LogP contribution in [0.15, 0.2) is 40.9 Å². The highest BCUT2D eigenvalue weighted by Crippen LogP contribution is 2.27. The Morgan fingerprint density at radius 3 is 2.50 bits per heavy atom. The zero-order valence-electron chi connectivity index (χ0n) is 14.0. The minimum absolute atomic E-state index is 0.315. The standard InChI is InChI=1S/C18H21BrN2O3/c1-4-18(23,13-5-7-14(19)8-6-13)11-20-16-10-9-15(12(2)21-16)17(22)24-3/h5-10,23H,4,11H2,1-3H3,(H,20,21). The molecule has 2 rings (SSSR count). The molecule has 0 aliphatic carbocycles. The SMILES string of the molecule is CCC(O)(CNc1ccc(C(=O)OC)c(C)n1)c1ccc(Br)cc1. The minimum atomic E-state index is -1.00. The first kappa shape index (κ1) is 18.4. The van der Waals surface area contributed by atoms with Crippen molar-refractivity contribution in [1.82, 2.24) is 4.98 Å². The number of nitrogens with zero attached hydrogens (tertiary/aromatic N) is 1. The van der Waals surface area contributed by atoms with Gasteiger partial charge in [-0.2, -0.15) is 0 Å². The number of methoxy groups -OCH3 is 1. The normalized spacial score (nSPS) is 13.2. The lowest BCUT2D eigenvalue weighted by Gasteiger charge is -2.28. The van der Waals surface area contributed by atoms with Crippen LogP contribution in [0.1, 0.15) is 35.0 Å². The van der Waals surface area contributed by atoms with E-state index in [9.17, 15) is 9.90 Å². The van der Waals surface area contributed by atoms with Gasteiger partial charge in [-0.25, -0.2) is 9.78 Å². The Kier molecular flexibility index (Phi) is 5.96. The predicted octanol–water partition coefficient (Wildman–Crippen LogP) is 3.65. The number of aromatic nitrogens is 1. The van der Waals surface area contributed by atoms with E-state index in [2.05, 4.69) is 26.2 Å². The number of ether oxygens (including phenoxy) is 1. The predicted molar refractivity (Wildman–Crippen MR) is 97.1 cm³/mol. The maximum Gasteiger partial charge on any atom is 0.339 e. The quantitative estimate of drug-likeness (QED) is 0.734. The van der Waals surface area contributed by atoms with Crippen LogP contribution in [-0.4, -0.2) is 29.7 Å². The summed E-state index contributed by atoms with van der Waals surface area (Å²) in [6.07, 6.45) is 0.556. The number of hydrogen-bond donors (Lipinski definition) is 2. The molecule has 1 heterocycles. The summed E-state index contributed by atoms with van der Waals surface area (Å²) in [5.74, 6) is 0.190. The molecule has 0 aliphatic rings. The molecule has 1 atom stereocenters. The largest absolute Gasteiger partial charge is 0.465 e. The molecule has 2 aromatic rings. The monoisotopic (exact) mass is 392 g/mol. The third-order valence-electron chi connectivity index (χ3n) is 4.02. The molecule has 0 bridgehead atoms. The van der Waals surface area contributed by atoms with Crippen molar-refractivity contribution in [2.75, 3.05) is 19.0 Å². The van der Waals surface area contributed by atoms with Crippen molar-refractivity contribution in [1.29, 1.82) is 0 Å². The van der Waals surface area contributed by atoms with Crippen molar-refractivity contribution in [3.8, 4) is 0 Å². The van der Waals surface area contributed by atoms with E-state index >= 15 is 0 Å². The number of anilines is 1. The van der Waals surface area contributed by atoms with Crippen LogP contribution < -0.4 is 5.32 Å². The number of carbonyl (C=O) groups excluding carboxylic acids is 1. The third kappa shape index (κ3) is 4.13. The second-order valence-electron chi connectivity index (χ2n) is 5.57. The van der Waals surface area contributed by atoms with Gasteiger partial charge in [0.25, 0.3) is 0 Å².